The van der Waals surface area contributed by atoms with Crippen LogP contribution in [0.5, 0.6) is 0 Å². The number of hydrogen-bond donors (Lipinski definition) is 2. The van der Waals surface area contributed by atoms with Crippen LogP contribution in [0.4, 0.5) is 5.69 Å². The highest BCUT2D eigenvalue weighted by Gasteiger charge is 2.23. The molecule has 0 amide bonds. The Morgan fingerprint density at radius 3 is 2.88 bits per heavy atom. The summed E-state index contributed by atoms with van der Waals surface area (Å²) in [6.45, 7) is 3.66. The zero-order valence-electron chi connectivity index (χ0n) is 10.5. The molecule has 0 radical (unpaired) electrons. The Bertz CT molecular complexity index is 376. The summed E-state index contributed by atoms with van der Waals surface area (Å²) >= 11 is 0. The highest BCUT2D eigenvalue weighted by atomic mass is 16.3. The summed E-state index contributed by atoms with van der Waals surface area (Å²) < 4.78 is 0. The lowest BCUT2D eigenvalue weighted by Crippen LogP contribution is -2.51. The van der Waals surface area contributed by atoms with Crippen molar-refractivity contribution in [1.29, 1.82) is 0 Å². The molecule has 0 aromatic heterocycles. The van der Waals surface area contributed by atoms with Crippen LogP contribution in [0.2, 0.25) is 0 Å². The molecule has 2 rings (SSSR count). The predicted molar refractivity (Wildman–Crippen MR) is 71.3 cm³/mol. The van der Waals surface area contributed by atoms with Crippen molar-refractivity contribution in [3.8, 4) is 0 Å². The van der Waals surface area contributed by atoms with Crippen molar-refractivity contribution >= 4 is 5.69 Å². The maximum absolute atomic E-state index is 9.29. The van der Waals surface area contributed by atoms with Crippen LogP contribution < -0.4 is 10.6 Å². The first-order valence-electron chi connectivity index (χ1n) is 6.35. The first-order chi connectivity index (χ1) is 8.12. The van der Waals surface area contributed by atoms with Gasteiger partial charge in [0.25, 0.3) is 0 Å². The molecule has 3 heteroatoms. The van der Waals surface area contributed by atoms with E-state index in [1.54, 1.807) is 0 Å². The third kappa shape index (κ3) is 2.99. The molecule has 1 heterocycles. The molecule has 0 saturated heterocycles. The summed E-state index contributed by atoms with van der Waals surface area (Å²) in [4.78, 5) is 2.32. The van der Waals surface area contributed by atoms with E-state index in [1.807, 2.05) is 6.92 Å². The largest absolute Gasteiger partial charge is 0.394 e. The van der Waals surface area contributed by atoms with E-state index in [-0.39, 0.29) is 6.61 Å². The first-order valence-corrected chi connectivity index (χ1v) is 6.35. The minimum Gasteiger partial charge on any atom is -0.394 e. The van der Waals surface area contributed by atoms with E-state index in [1.165, 1.54) is 24.1 Å². The van der Waals surface area contributed by atoms with Gasteiger partial charge in [-0.15, -0.1) is 0 Å². The van der Waals surface area contributed by atoms with E-state index in [0.717, 1.165) is 13.0 Å². The summed E-state index contributed by atoms with van der Waals surface area (Å²) in [5.41, 5.74) is 8.22. The molecule has 1 atom stereocenters. The molecule has 3 N–H and O–H groups in total. The minimum atomic E-state index is -0.530. The average Bonchev–Trinajstić information content (AvgIpc) is 2.52. The van der Waals surface area contributed by atoms with Crippen LogP contribution in [0.3, 0.4) is 0 Å². The molecule has 0 fully saturated rings. The maximum Gasteiger partial charge on any atom is 0.0625 e. The topological polar surface area (TPSA) is 49.5 Å². The molecular formula is C14H22N2O. The number of anilines is 1. The van der Waals surface area contributed by atoms with E-state index < -0.39 is 5.54 Å². The third-order valence-corrected chi connectivity index (χ3v) is 3.37. The van der Waals surface area contributed by atoms with E-state index in [9.17, 15) is 5.11 Å². The molecule has 94 valence electrons. The molecule has 0 aliphatic carbocycles. The number of nitrogens with zero attached hydrogens (tertiary/aromatic N) is 1. The first kappa shape index (κ1) is 12.4. The van der Waals surface area contributed by atoms with Gasteiger partial charge in [0.1, 0.15) is 0 Å². The summed E-state index contributed by atoms with van der Waals surface area (Å²) in [6.07, 6.45) is 3.57. The summed E-state index contributed by atoms with van der Waals surface area (Å²) in [5, 5.41) is 9.29. The lowest BCUT2D eigenvalue weighted by molar-refractivity contribution is 0.211. The summed E-state index contributed by atoms with van der Waals surface area (Å²) in [7, 11) is 0. The van der Waals surface area contributed by atoms with Gasteiger partial charge in [-0.2, -0.15) is 0 Å². The highest BCUT2D eigenvalue weighted by Crippen LogP contribution is 2.26. The Balaban J connectivity index is 2.23. The lowest BCUT2D eigenvalue weighted by atomic mass is 10.0. The number of hydrogen-bond acceptors (Lipinski definition) is 3. The number of aryl methyl sites for hydroxylation is 1. The van der Waals surface area contributed by atoms with Crippen LogP contribution in [0, 0.1) is 0 Å². The van der Waals surface area contributed by atoms with Gasteiger partial charge in [0.05, 0.1) is 12.1 Å². The lowest BCUT2D eigenvalue weighted by Gasteiger charge is -2.33. The molecular weight excluding hydrogens is 212 g/mol. The molecule has 1 aliphatic rings. The van der Waals surface area contributed by atoms with Crippen LogP contribution in [-0.4, -0.2) is 30.3 Å². The second-order valence-corrected chi connectivity index (χ2v) is 5.32. The van der Waals surface area contributed by atoms with Crippen molar-refractivity contribution in [3.05, 3.63) is 29.8 Å². The van der Waals surface area contributed by atoms with Gasteiger partial charge in [-0.3, -0.25) is 0 Å². The van der Waals surface area contributed by atoms with Crippen molar-refractivity contribution in [2.75, 3.05) is 24.6 Å². The average molecular weight is 234 g/mol. The quantitative estimate of drug-likeness (QED) is 0.834. The number of nitrogens with two attached hydrogens (primary N) is 1. The smallest absolute Gasteiger partial charge is 0.0625 e. The van der Waals surface area contributed by atoms with Crippen LogP contribution in [-0.2, 0) is 6.42 Å². The number of para-hydroxylation sites is 1. The number of rotatable bonds is 3. The highest BCUT2D eigenvalue weighted by molar-refractivity contribution is 5.54. The minimum absolute atomic E-state index is 0.0195. The van der Waals surface area contributed by atoms with Gasteiger partial charge in [0.15, 0.2) is 0 Å². The van der Waals surface area contributed by atoms with E-state index >= 15 is 0 Å². The fourth-order valence-electron chi connectivity index (χ4n) is 2.42. The molecule has 0 spiro atoms. The van der Waals surface area contributed by atoms with Crippen molar-refractivity contribution in [3.63, 3.8) is 0 Å². The zero-order valence-corrected chi connectivity index (χ0v) is 10.5. The Morgan fingerprint density at radius 1 is 1.35 bits per heavy atom. The zero-order chi connectivity index (χ0) is 12.3. The number of aliphatic hydroxyl groups excluding tert-OH is 1. The summed E-state index contributed by atoms with van der Waals surface area (Å²) in [5.74, 6) is 0. The van der Waals surface area contributed by atoms with E-state index in [2.05, 4.69) is 29.2 Å². The Hall–Kier alpha value is -1.06. The standard InChI is InChI=1S/C14H22N2O/c1-14(15,11-17)10-16-9-5-4-7-12-6-2-3-8-13(12)16/h2-3,6,8,17H,4-5,7,9-11,15H2,1H3. The Kier molecular flexibility index (Phi) is 3.69. The van der Waals surface area contributed by atoms with Gasteiger partial charge >= 0.3 is 0 Å². The Labute approximate surface area is 103 Å². The van der Waals surface area contributed by atoms with E-state index in [0.29, 0.717) is 6.54 Å². The van der Waals surface area contributed by atoms with Crippen molar-refractivity contribution in [1.82, 2.24) is 0 Å². The predicted octanol–water partition coefficient (Wildman–Crippen LogP) is 1.54. The van der Waals surface area contributed by atoms with Crippen molar-refractivity contribution < 1.29 is 5.11 Å². The van der Waals surface area contributed by atoms with Gasteiger partial charge in [-0.25, -0.2) is 0 Å². The Morgan fingerprint density at radius 2 is 2.12 bits per heavy atom. The molecule has 17 heavy (non-hydrogen) atoms. The molecule has 0 saturated carbocycles. The molecule has 1 aromatic carbocycles. The number of fused-ring (bicyclic) bond motifs is 1. The number of aliphatic hydroxyl groups is 1. The second-order valence-electron chi connectivity index (χ2n) is 5.32. The summed E-state index contributed by atoms with van der Waals surface area (Å²) in [6, 6.07) is 8.52. The molecule has 1 aliphatic heterocycles. The molecule has 1 unspecified atom stereocenters. The fraction of sp³-hybridized carbons (Fsp3) is 0.571. The van der Waals surface area contributed by atoms with Crippen molar-refractivity contribution in [2.45, 2.75) is 31.7 Å². The van der Waals surface area contributed by atoms with Crippen LogP contribution in [0.1, 0.15) is 25.3 Å². The SMILES string of the molecule is CC(N)(CO)CN1CCCCc2ccccc21. The molecule has 0 bridgehead atoms. The van der Waals surface area contributed by atoms with Gasteiger partial charge in [0, 0.05) is 18.8 Å². The number of benzene rings is 1. The molecule has 3 nitrogen and oxygen atoms in total. The monoisotopic (exact) mass is 234 g/mol. The van der Waals surface area contributed by atoms with Gasteiger partial charge in [-0.1, -0.05) is 18.2 Å². The van der Waals surface area contributed by atoms with Crippen LogP contribution in [0.15, 0.2) is 24.3 Å². The van der Waals surface area contributed by atoms with Crippen molar-refractivity contribution in [2.24, 2.45) is 5.73 Å². The normalized spacial score (nSPS) is 19.4. The van der Waals surface area contributed by atoms with Gasteiger partial charge in [0.2, 0.25) is 0 Å². The second kappa shape index (κ2) is 5.07. The van der Waals surface area contributed by atoms with Gasteiger partial charge in [-0.05, 0) is 37.8 Å². The fourth-order valence-corrected chi connectivity index (χ4v) is 2.42. The van der Waals surface area contributed by atoms with Crippen LogP contribution >= 0.6 is 0 Å². The maximum atomic E-state index is 9.29. The van der Waals surface area contributed by atoms with Crippen LogP contribution in [0.25, 0.3) is 0 Å². The van der Waals surface area contributed by atoms with Gasteiger partial charge < -0.3 is 15.7 Å². The third-order valence-electron chi connectivity index (χ3n) is 3.37. The molecule has 1 aromatic rings. The van der Waals surface area contributed by atoms with E-state index in [4.69, 9.17) is 5.73 Å².